The number of aromatic nitrogens is 3. The maximum Gasteiger partial charge on any atom is 0.254 e. The maximum atomic E-state index is 12.6. The Morgan fingerprint density at radius 3 is 2.88 bits per heavy atom. The summed E-state index contributed by atoms with van der Waals surface area (Å²) in [6.07, 6.45) is 5.67. The Morgan fingerprint density at radius 2 is 2.12 bits per heavy atom. The van der Waals surface area contributed by atoms with Crippen LogP contribution in [0.2, 0.25) is 0 Å². The van der Waals surface area contributed by atoms with E-state index in [-0.39, 0.29) is 11.9 Å². The van der Waals surface area contributed by atoms with Crippen molar-refractivity contribution in [2.45, 2.75) is 25.8 Å². The second-order valence-corrected chi connectivity index (χ2v) is 6.31. The Balaban J connectivity index is 1.54. The lowest BCUT2D eigenvalue weighted by molar-refractivity contribution is 0.0941. The average molecular weight is 330 g/mol. The highest BCUT2D eigenvalue weighted by molar-refractivity contribution is 6.05. The molecule has 0 saturated heterocycles. The number of amides is 1. The third kappa shape index (κ3) is 3.38. The van der Waals surface area contributed by atoms with Crippen LogP contribution in [0.25, 0.3) is 11.0 Å². The maximum absolute atomic E-state index is 12.6. The largest absolute Gasteiger partial charge is 0.345 e. The van der Waals surface area contributed by atoms with Crippen LogP contribution in [-0.2, 0) is 0 Å². The fraction of sp³-hybridized carbons (Fsp3) is 0.250. The highest BCUT2D eigenvalue weighted by Gasteiger charge is 2.18. The number of carbonyl (C=O) groups is 1. The normalized spacial score (nSPS) is 14.6. The van der Waals surface area contributed by atoms with Gasteiger partial charge in [0.15, 0.2) is 0 Å². The van der Waals surface area contributed by atoms with Crippen molar-refractivity contribution in [3.8, 4) is 11.8 Å². The molecule has 1 aromatic carbocycles. The smallest absolute Gasteiger partial charge is 0.254 e. The van der Waals surface area contributed by atoms with E-state index in [1.54, 1.807) is 12.4 Å². The zero-order chi connectivity index (χ0) is 17.2. The Morgan fingerprint density at radius 1 is 1.32 bits per heavy atom. The topological polar surface area (TPSA) is 70.7 Å². The quantitative estimate of drug-likeness (QED) is 0.725. The van der Waals surface area contributed by atoms with Crippen LogP contribution >= 0.6 is 0 Å². The molecule has 1 aliphatic carbocycles. The molecule has 1 aliphatic rings. The van der Waals surface area contributed by atoms with Gasteiger partial charge in [-0.1, -0.05) is 36.3 Å². The van der Waals surface area contributed by atoms with Crippen LogP contribution in [0.4, 0.5) is 0 Å². The first kappa shape index (κ1) is 15.4. The van der Waals surface area contributed by atoms with Crippen LogP contribution in [0.3, 0.4) is 0 Å². The summed E-state index contributed by atoms with van der Waals surface area (Å²) in [4.78, 5) is 24.3. The van der Waals surface area contributed by atoms with Crippen LogP contribution < -0.4 is 5.32 Å². The fourth-order valence-electron chi connectivity index (χ4n) is 2.65. The summed E-state index contributed by atoms with van der Waals surface area (Å²) in [6, 6.07) is 9.79. The van der Waals surface area contributed by atoms with Crippen molar-refractivity contribution in [1.82, 2.24) is 20.3 Å². The molecule has 5 nitrogen and oxygen atoms in total. The summed E-state index contributed by atoms with van der Waals surface area (Å²) in [6.45, 7) is 1.96. The molecule has 0 unspecified atom stereocenters. The molecule has 0 aliphatic heterocycles. The Labute approximate surface area is 145 Å². The van der Waals surface area contributed by atoms with Gasteiger partial charge in [-0.25, -0.2) is 9.97 Å². The van der Waals surface area contributed by atoms with Crippen molar-refractivity contribution in [1.29, 1.82) is 0 Å². The Bertz CT molecular complexity index is 977. The first-order valence-electron chi connectivity index (χ1n) is 8.42. The van der Waals surface area contributed by atoms with Gasteiger partial charge in [-0.15, -0.1) is 0 Å². The standard InChI is InChI=1S/C20H18N4O/c1-13(15-5-3-2-4-6-15)23-20(25)17-12-22-19-16(17)11-21-18(24-19)10-9-14-7-8-14/h2-6,11-14H,7-8H2,1H3,(H,23,25)(H,21,22,24)/t13-/m1/s1. The Hall–Kier alpha value is -3.13. The minimum Gasteiger partial charge on any atom is -0.345 e. The van der Waals surface area contributed by atoms with Gasteiger partial charge in [0.05, 0.1) is 11.6 Å². The SMILES string of the molecule is C[C@@H](NC(=O)c1c[nH]c2nc(C#CC3CC3)ncc12)c1ccccc1. The third-order valence-electron chi connectivity index (χ3n) is 4.29. The van der Waals surface area contributed by atoms with Gasteiger partial charge in [0, 0.05) is 23.7 Å². The highest BCUT2D eigenvalue weighted by atomic mass is 16.1. The van der Waals surface area contributed by atoms with Gasteiger partial charge in [-0.2, -0.15) is 0 Å². The van der Waals surface area contributed by atoms with E-state index in [4.69, 9.17) is 0 Å². The second kappa shape index (κ2) is 6.40. The summed E-state index contributed by atoms with van der Waals surface area (Å²) < 4.78 is 0. The number of nitrogens with zero attached hydrogens (tertiary/aromatic N) is 2. The van der Waals surface area contributed by atoms with Gasteiger partial charge < -0.3 is 10.3 Å². The van der Waals surface area contributed by atoms with Gasteiger partial charge >= 0.3 is 0 Å². The van der Waals surface area contributed by atoms with Crippen molar-refractivity contribution < 1.29 is 4.79 Å². The van der Waals surface area contributed by atoms with E-state index in [2.05, 4.69) is 32.1 Å². The minimum atomic E-state index is -0.150. The van der Waals surface area contributed by atoms with E-state index >= 15 is 0 Å². The first-order valence-corrected chi connectivity index (χ1v) is 8.42. The molecule has 0 bridgehead atoms. The van der Waals surface area contributed by atoms with Gasteiger partial charge in [-0.05, 0) is 31.2 Å². The fourth-order valence-corrected chi connectivity index (χ4v) is 2.65. The molecule has 3 aromatic rings. The van der Waals surface area contributed by atoms with E-state index in [1.165, 1.54) is 12.8 Å². The summed E-state index contributed by atoms with van der Waals surface area (Å²) in [7, 11) is 0. The molecule has 0 spiro atoms. The Kier molecular flexibility index (Phi) is 3.95. The average Bonchev–Trinajstić information content (AvgIpc) is 3.37. The number of rotatable bonds is 3. The summed E-state index contributed by atoms with van der Waals surface area (Å²) in [5.74, 6) is 6.99. The summed E-state index contributed by atoms with van der Waals surface area (Å²) >= 11 is 0. The molecule has 0 radical (unpaired) electrons. The summed E-state index contributed by atoms with van der Waals surface area (Å²) in [5.41, 5.74) is 2.23. The molecule has 2 heterocycles. The molecular formula is C20H18N4O. The number of hydrogen-bond acceptors (Lipinski definition) is 3. The number of fused-ring (bicyclic) bond motifs is 1. The van der Waals surface area contributed by atoms with E-state index < -0.39 is 0 Å². The zero-order valence-electron chi connectivity index (χ0n) is 13.9. The van der Waals surface area contributed by atoms with Gasteiger partial charge in [0.2, 0.25) is 5.82 Å². The lowest BCUT2D eigenvalue weighted by Gasteiger charge is -2.13. The molecule has 124 valence electrons. The lowest BCUT2D eigenvalue weighted by atomic mass is 10.1. The van der Waals surface area contributed by atoms with Gasteiger partial charge in [-0.3, -0.25) is 4.79 Å². The molecule has 1 atom stereocenters. The zero-order valence-corrected chi connectivity index (χ0v) is 13.9. The number of nitrogens with one attached hydrogen (secondary N) is 2. The third-order valence-corrected chi connectivity index (χ3v) is 4.29. The molecule has 5 heteroatoms. The predicted molar refractivity (Wildman–Crippen MR) is 95.8 cm³/mol. The van der Waals surface area contributed by atoms with Gasteiger partial charge in [0.1, 0.15) is 5.65 Å². The minimum absolute atomic E-state index is 0.0803. The van der Waals surface area contributed by atoms with Crippen LogP contribution in [-0.4, -0.2) is 20.9 Å². The molecule has 2 aromatic heterocycles. The van der Waals surface area contributed by atoms with Crippen molar-refractivity contribution >= 4 is 16.9 Å². The van der Waals surface area contributed by atoms with Crippen molar-refractivity contribution in [3.63, 3.8) is 0 Å². The van der Waals surface area contributed by atoms with E-state index in [1.807, 2.05) is 37.3 Å². The van der Waals surface area contributed by atoms with E-state index in [9.17, 15) is 4.79 Å². The number of H-pyrrole nitrogens is 1. The number of aromatic amines is 1. The molecule has 25 heavy (non-hydrogen) atoms. The van der Waals surface area contributed by atoms with E-state index in [0.29, 0.717) is 28.3 Å². The molecule has 2 N–H and O–H groups in total. The van der Waals surface area contributed by atoms with Crippen LogP contribution in [0.1, 0.15) is 47.6 Å². The van der Waals surface area contributed by atoms with Crippen molar-refractivity contribution in [2.24, 2.45) is 5.92 Å². The summed E-state index contributed by atoms with van der Waals surface area (Å²) in [5, 5.41) is 3.71. The number of benzene rings is 1. The second-order valence-electron chi connectivity index (χ2n) is 6.31. The van der Waals surface area contributed by atoms with Crippen LogP contribution in [0.15, 0.2) is 42.7 Å². The van der Waals surface area contributed by atoms with Crippen LogP contribution in [0, 0.1) is 17.8 Å². The molecular weight excluding hydrogens is 312 g/mol. The predicted octanol–water partition coefficient (Wildman–Crippen LogP) is 3.21. The van der Waals surface area contributed by atoms with Gasteiger partial charge in [0.25, 0.3) is 5.91 Å². The number of hydrogen-bond donors (Lipinski definition) is 2. The highest BCUT2D eigenvalue weighted by Crippen LogP contribution is 2.27. The van der Waals surface area contributed by atoms with Crippen LogP contribution in [0.5, 0.6) is 0 Å². The molecule has 4 rings (SSSR count). The molecule has 1 fully saturated rings. The molecule has 1 saturated carbocycles. The monoisotopic (exact) mass is 330 g/mol. The van der Waals surface area contributed by atoms with Crippen molar-refractivity contribution in [3.05, 3.63) is 59.7 Å². The number of carbonyl (C=O) groups excluding carboxylic acids is 1. The van der Waals surface area contributed by atoms with E-state index in [0.717, 1.165) is 5.56 Å². The van der Waals surface area contributed by atoms with Crippen molar-refractivity contribution in [2.75, 3.05) is 0 Å². The first-order chi connectivity index (χ1) is 12.2. The molecule has 1 amide bonds. The lowest BCUT2D eigenvalue weighted by Crippen LogP contribution is -2.26.